The Morgan fingerprint density at radius 3 is 2.59 bits per heavy atom. The number of amides is 1. The van der Waals surface area contributed by atoms with Crippen LogP contribution in [-0.2, 0) is 11.8 Å². The van der Waals surface area contributed by atoms with Gasteiger partial charge in [-0.05, 0) is 38.8 Å². The summed E-state index contributed by atoms with van der Waals surface area (Å²) in [4.78, 5) is 17.9. The SMILES string of the molecule is Cc1nn(C)c(C)c1C1CCCN1C(=O)c1ccccc1N1CCOCC1. The van der Waals surface area contributed by atoms with Crippen molar-refractivity contribution in [2.45, 2.75) is 32.7 Å². The Kier molecular flexibility index (Phi) is 4.91. The van der Waals surface area contributed by atoms with E-state index in [1.165, 1.54) is 5.56 Å². The number of likely N-dealkylation sites (tertiary alicyclic amines) is 1. The van der Waals surface area contributed by atoms with Crippen LogP contribution < -0.4 is 4.90 Å². The number of benzene rings is 1. The quantitative estimate of drug-likeness (QED) is 0.836. The van der Waals surface area contributed by atoms with E-state index in [0.717, 1.165) is 55.1 Å². The molecule has 3 heterocycles. The third-order valence-electron chi connectivity index (χ3n) is 5.90. The fraction of sp³-hybridized carbons (Fsp3) is 0.524. The van der Waals surface area contributed by atoms with E-state index in [-0.39, 0.29) is 11.9 Å². The Morgan fingerprint density at radius 2 is 1.89 bits per heavy atom. The minimum atomic E-state index is 0.115. The average molecular weight is 368 g/mol. The molecule has 1 atom stereocenters. The predicted octanol–water partition coefficient (Wildman–Crippen LogP) is 2.85. The van der Waals surface area contributed by atoms with E-state index in [0.29, 0.717) is 13.2 Å². The summed E-state index contributed by atoms with van der Waals surface area (Å²) >= 11 is 0. The van der Waals surface area contributed by atoms with E-state index in [1.54, 1.807) is 0 Å². The summed E-state index contributed by atoms with van der Waals surface area (Å²) in [5.74, 6) is 0.127. The van der Waals surface area contributed by atoms with E-state index in [9.17, 15) is 4.79 Å². The molecule has 2 aliphatic rings. The fourth-order valence-electron chi connectivity index (χ4n) is 4.47. The molecule has 1 amide bonds. The van der Waals surface area contributed by atoms with Crippen molar-refractivity contribution in [3.8, 4) is 0 Å². The fourth-order valence-corrected chi connectivity index (χ4v) is 4.47. The zero-order valence-electron chi connectivity index (χ0n) is 16.4. The van der Waals surface area contributed by atoms with Gasteiger partial charge >= 0.3 is 0 Å². The van der Waals surface area contributed by atoms with Crippen molar-refractivity contribution in [1.82, 2.24) is 14.7 Å². The number of ether oxygens (including phenoxy) is 1. The van der Waals surface area contributed by atoms with Crippen LogP contribution in [0.25, 0.3) is 0 Å². The number of para-hydroxylation sites is 1. The number of carbonyl (C=O) groups excluding carboxylic acids is 1. The van der Waals surface area contributed by atoms with Gasteiger partial charge in [0.1, 0.15) is 0 Å². The first-order valence-corrected chi connectivity index (χ1v) is 9.80. The third kappa shape index (κ3) is 3.23. The molecule has 6 heteroatoms. The van der Waals surface area contributed by atoms with E-state index in [4.69, 9.17) is 4.74 Å². The summed E-state index contributed by atoms with van der Waals surface area (Å²) in [5.41, 5.74) is 5.22. The first-order valence-electron chi connectivity index (χ1n) is 9.80. The molecule has 0 bridgehead atoms. The van der Waals surface area contributed by atoms with Crippen LogP contribution in [-0.4, -0.2) is 53.4 Å². The third-order valence-corrected chi connectivity index (χ3v) is 5.90. The zero-order valence-corrected chi connectivity index (χ0v) is 16.4. The standard InChI is InChI=1S/C21H28N4O2/c1-15-20(16(2)23(3)22-15)19-9-6-10-25(19)21(26)17-7-4-5-8-18(17)24-11-13-27-14-12-24/h4-5,7-8,19H,6,9-14H2,1-3H3. The number of hydrogen-bond acceptors (Lipinski definition) is 4. The van der Waals surface area contributed by atoms with Gasteiger partial charge in [0.05, 0.1) is 30.5 Å². The molecule has 1 aromatic carbocycles. The lowest BCUT2D eigenvalue weighted by molar-refractivity contribution is 0.0734. The summed E-state index contributed by atoms with van der Waals surface area (Å²) < 4.78 is 7.40. The normalized spacial score (nSPS) is 20.3. The van der Waals surface area contributed by atoms with Crippen LogP contribution in [0.1, 0.15) is 46.2 Å². The van der Waals surface area contributed by atoms with Crippen LogP contribution in [0.15, 0.2) is 24.3 Å². The van der Waals surface area contributed by atoms with Crippen LogP contribution in [0, 0.1) is 13.8 Å². The minimum absolute atomic E-state index is 0.115. The Labute approximate surface area is 160 Å². The predicted molar refractivity (Wildman–Crippen MR) is 105 cm³/mol. The molecule has 2 fully saturated rings. The summed E-state index contributed by atoms with van der Waals surface area (Å²) in [6.07, 6.45) is 2.03. The number of hydrogen-bond donors (Lipinski definition) is 0. The highest BCUT2D eigenvalue weighted by molar-refractivity contribution is 6.00. The molecule has 0 spiro atoms. The number of aromatic nitrogens is 2. The van der Waals surface area contributed by atoms with Gasteiger partial charge in [0.25, 0.3) is 5.91 Å². The van der Waals surface area contributed by atoms with Crippen LogP contribution in [0.3, 0.4) is 0 Å². The lowest BCUT2D eigenvalue weighted by Crippen LogP contribution is -2.38. The number of rotatable bonds is 3. The Bertz CT molecular complexity index is 839. The van der Waals surface area contributed by atoms with Gasteiger partial charge in [-0.2, -0.15) is 5.10 Å². The van der Waals surface area contributed by atoms with E-state index in [2.05, 4.69) is 27.9 Å². The molecule has 2 aromatic rings. The lowest BCUT2D eigenvalue weighted by atomic mass is 10.0. The number of anilines is 1. The van der Waals surface area contributed by atoms with Crippen molar-refractivity contribution in [2.75, 3.05) is 37.7 Å². The molecular formula is C21H28N4O2. The zero-order chi connectivity index (χ0) is 19.0. The van der Waals surface area contributed by atoms with Gasteiger partial charge in [0.2, 0.25) is 0 Å². The molecule has 1 unspecified atom stereocenters. The molecule has 2 aliphatic heterocycles. The van der Waals surface area contributed by atoms with Gasteiger partial charge in [-0.3, -0.25) is 9.48 Å². The Hall–Kier alpha value is -2.34. The largest absolute Gasteiger partial charge is 0.378 e. The number of carbonyl (C=O) groups is 1. The second kappa shape index (κ2) is 7.35. The highest BCUT2D eigenvalue weighted by Gasteiger charge is 2.35. The molecule has 4 rings (SSSR count). The molecule has 144 valence electrons. The van der Waals surface area contributed by atoms with Crippen molar-refractivity contribution in [3.05, 3.63) is 46.8 Å². The minimum Gasteiger partial charge on any atom is -0.378 e. The maximum Gasteiger partial charge on any atom is 0.256 e. The van der Waals surface area contributed by atoms with E-state index >= 15 is 0 Å². The monoisotopic (exact) mass is 368 g/mol. The Morgan fingerprint density at radius 1 is 1.15 bits per heavy atom. The maximum atomic E-state index is 13.6. The molecular weight excluding hydrogens is 340 g/mol. The van der Waals surface area contributed by atoms with Crippen molar-refractivity contribution >= 4 is 11.6 Å². The van der Waals surface area contributed by atoms with E-state index < -0.39 is 0 Å². The van der Waals surface area contributed by atoms with Crippen LogP contribution >= 0.6 is 0 Å². The van der Waals surface area contributed by atoms with Gasteiger partial charge in [-0.15, -0.1) is 0 Å². The average Bonchev–Trinajstić information content (AvgIpc) is 3.26. The summed E-state index contributed by atoms with van der Waals surface area (Å²) in [6.45, 7) is 8.02. The summed E-state index contributed by atoms with van der Waals surface area (Å²) in [7, 11) is 1.97. The number of aryl methyl sites for hydroxylation is 2. The van der Waals surface area contributed by atoms with Crippen LogP contribution in [0.2, 0.25) is 0 Å². The van der Waals surface area contributed by atoms with Gasteiger partial charge in [0, 0.05) is 43.6 Å². The topological polar surface area (TPSA) is 50.6 Å². The van der Waals surface area contributed by atoms with Gasteiger partial charge in [-0.1, -0.05) is 12.1 Å². The van der Waals surface area contributed by atoms with Gasteiger partial charge in [-0.25, -0.2) is 0 Å². The molecule has 0 aliphatic carbocycles. The first-order chi connectivity index (χ1) is 13.1. The van der Waals surface area contributed by atoms with Crippen LogP contribution in [0.4, 0.5) is 5.69 Å². The summed E-state index contributed by atoms with van der Waals surface area (Å²) in [5, 5.41) is 4.57. The summed E-state index contributed by atoms with van der Waals surface area (Å²) in [6, 6.07) is 8.11. The van der Waals surface area contributed by atoms with Gasteiger partial charge < -0.3 is 14.5 Å². The first kappa shape index (κ1) is 18.0. The van der Waals surface area contributed by atoms with E-state index in [1.807, 2.05) is 36.9 Å². The van der Waals surface area contributed by atoms with Gasteiger partial charge in [0.15, 0.2) is 0 Å². The van der Waals surface area contributed by atoms with Crippen molar-refractivity contribution < 1.29 is 9.53 Å². The molecule has 0 radical (unpaired) electrons. The highest BCUT2D eigenvalue weighted by Crippen LogP contribution is 2.37. The molecule has 1 aromatic heterocycles. The smallest absolute Gasteiger partial charge is 0.256 e. The molecule has 6 nitrogen and oxygen atoms in total. The lowest BCUT2D eigenvalue weighted by Gasteiger charge is -2.32. The highest BCUT2D eigenvalue weighted by atomic mass is 16.5. The Balaban J connectivity index is 1.66. The maximum absolute atomic E-state index is 13.6. The van der Waals surface area contributed by atoms with Crippen molar-refractivity contribution in [1.29, 1.82) is 0 Å². The molecule has 0 N–H and O–H groups in total. The number of nitrogens with zero attached hydrogens (tertiary/aromatic N) is 4. The van der Waals surface area contributed by atoms with Crippen LogP contribution in [0.5, 0.6) is 0 Å². The second-order valence-electron chi connectivity index (χ2n) is 7.48. The number of morpholine rings is 1. The molecule has 0 saturated carbocycles. The van der Waals surface area contributed by atoms with Crippen molar-refractivity contribution in [3.63, 3.8) is 0 Å². The molecule has 2 saturated heterocycles. The molecule has 27 heavy (non-hydrogen) atoms. The van der Waals surface area contributed by atoms with Crippen molar-refractivity contribution in [2.24, 2.45) is 7.05 Å². The second-order valence-corrected chi connectivity index (χ2v) is 7.48.